The van der Waals surface area contributed by atoms with Gasteiger partial charge in [0, 0.05) is 12.2 Å². The van der Waals surface area contributed by atoms with Gasteiger partial charge in [0.05, 0.1) is 5.56 Å². The van der Waals surface area contributed by atoms with Crippen LogP contribution in [0.3, 0.4) is 0 Å². The van der Waals surface area contributed by atoms with Gasteiger partial charge in [-0.1, -0.05) is 12.1 Å². The fourth-order valence-corrected chi connectivity index (χ4v) is 2.39. The summed E-state index contributed by atoms with van der Waals surface area (Å²) in [7, 11) is 0. The summed E-state index contributed by atoms with van der Waals surface area (Å²) in [5, 5.41) is 6.29. The fraction of sp³-hybridized carbons (Fsp3) is 0.267. The maximum Gasteiger partial charge on any atom is 0.258 e. The highest BCUT2D eigenvalue weighted by atomic mass is 16.3. The van der Waals surface area contributed by atoms with E-state index >= 15 is 0 Å². The molecule has 0 radical (unpaired) electrons. The van der Waals surface area contributed by atoms with Crippen molar-refractivity contribution in [3.63, 3.8) is 0 Å². The number of fused-ring (bicyclic) bond motifs is 1. The van der Waals surface area contributed by atoms with Gasteiger partial charge in [0.15, 0.2) is 0 Å². The Morgan fingerprint density at radius 2 is 2.32 bits per heavy atom. The molecular formula is C15H16N2O2. The van der Waals surface area contributed by atoms with Crippen LogP contribution in [-0.2, 0) is 13.0 Å². The van der Waals surface area contributed by atoms with E-state index in [1.54, 1.807) is 6.07 Å². The zero-order valence-corrected chi connectivity index (χ0v) is 10.8. The number of nitrogens with one attached hydrogen (secondary N) is 2. The Hall–Kier alpha value is -2.07. The number of furan rings is 1. The summed E-state index contributed by atoms with van der Waals surface area (Å²) in [6.07, 6.45) is 2.49. The largest absolute Gasteiger partial charge is 0.469 e. The first-order valence-electron chi connectivity index (χ1n) is 6.42. The highest BCUT2D eigenvalue weighted by Crippen LogP contribution is 2.23. The van der Waals surface area contributed by atoms with Gasteiger partial charge >= 0.3 is 0 Å². The molecule has 1 aromatic heterocycles. The lowest BCUT2D eigenvalue weighted by atomic mass is 9.99. The number of carbonyl (C=O) groups excluding carboxylic acids is 1. The monoisotopic (exact) mass is 256 g/mol. The first-order valence-corrected chi connectivity index (χ1v) is 6.42. The van der Waals surface area contributed by atoms with E-state index in [-0.39, 0.29) is 5.91 Å². The van der Waals surface area contributed by atoms with Gasteiger partial charge in [-0.2, -0.15) is 0 Å². The van der Waals surface area contributed by atoms with Crippen LogP contribution in [0.2, 0.25) is 0 Å². The van der Waals surface area contributed by atoms with Gasteiger partial charge in [-0.25, -0.2) is 0 Å². The Kier molecular flexibility index (Phi) is 3.09. The summed E-state index contributed by atoms with van der Waals surface area (Å²) >= 11 is 0. The smallest absolute Gasteiger partial charge is 0.258 e. The number of benzene rings is 1. The lowest BCUT2D eigenvalue weighted by Gasteiger charge is -2.20. The standard InChI is InChI=1S/C15H16N2O2/c1-10-7-12(9-19-10)15(18)17-14-4-2-3-11-5-6-16-8-13(11)14/h2-4,7,9,16H,5-6,8H2,1H3,(H,17,18). The fourth-order valence-electron chi connectivity index (χ4n) is 2.39. The predicted molar refractivity (Wildman–Crippen MR) is 73.3 cm³/mol. The molecule has 0 atom stereocenters. The molecule has 0 unspecified atom stereocenters. The van der Waals surface area contributed by atoms with Crippen LogP contribution < -0.4 is 10.6 Å². The van der Waals surface area contributed by atoms with Gasteiger partial charge in [-0.15, -0.1) is 0 Å². The molecule has 0 bridgehead atoms. The summed E-state index contributed by atoms with van der Waals surface area (Å²) in [5.74, 6) is 0.609. The lowest BCUT2D eigenvalue weighted by Crippen LogP contribution is -2.25. The molecule has 2 aromatic rings. The Morgan fingerprint density at radius 1 is 1.42 bits per heavy atom. The van der Waals surface area contributed by atoms with Crippen LogP contribution in [0.5, 0.6) is 0 Å². The minimum Gasteiger partial charge on any atom is -0.469 e. The van der Waals surface area contributed by atoms with E-state index in [2.05, 4.69) is 16.7 Å². The van der Waals surface area contributed by atoms with Crippen molar-refractivity contribution in [2.45, 2.75) is 19.9 Å². The molecule has 2 N–H and O–H groups in total. The molecule has 4 heteroatoms. The van der Waals surface area contributed by atoms with E-state index in [4.69, 9.17) is 4.42 Å². The number of rotatable bonds is 2. The average molecular weight is 256 g/mol. The lowest BCUT2D eigenvalue weighted by molar-refractivity contribution is 0.102. The third kappa shape index (κ3) is 2.39. The second-order valence-electron chi connectivity index (χ2n) is 4.77. The summed E-state index contributed by atoms with van der Waals surface area (Å²) in [5.41, 5.74) is 3.93. The summed E-state index contributed by atoms with van der Waals surface area (Å²) in [6, 6.07) is 7.79. The van der Waals surface area contributed by atoms with E-state index < -0.39 is 0 Å². The van der Waals surface area contributed by atoms with Crippen molar-refractivity contribution >= 4 is 11.6 Å². The van der Waals surface area contributed by atoms with Gasteiger partial charge in [0.1, 0.15) is 12.0 Å². The molecule has 1 aliphatic heterocycles. The molecule has 1 amide bonds. The quantitative estimate of drug-likeness (QED) is 0.868. The maximum absolute atomic E-state index is 12.1. The Balaban J connectivity index is 1.85. The Labute approximate surface area is 111 Å². The number of amides is 1. The second-order valence-corrected chi connectivity index (χ2v) is 4.77. The molecular weight excluding hydrogens is 240 g/mol. The maximum atomic E-state index is 12.1. The average Bonchev–Trinajstić information content (AvgIpc) is 2.86. The third-order valence-electron chi connectivity index (χ3n) is 3.39. The van der Waals surface area contributed by atoms with E-state index in [0.717, 1.165) is 31.0 Å². The SMILES string of the molecule is Cc1cc(C(=O)Nc2cccc3c2CNCC3)co1. The minimum atomic E-state index is -0.129. The molecule has 98 valence electrons. The molecule has 2 heterocycles. The van der Waals surface area contributed by atoms with Crippen molar-refractivity contribution in [2.75, 3.05) is 11.9 Å². The molecule has 0 fully saturated rings. The minimum absolute atomic E-state index is 0.129. The van der Waals surface area contributed by atoms with Crippen molar-refractivity contribution in [2.24, 2.45) is 0 Å². The molecule has 0 saturated heterocycles. The Bertz CT molecular complexity index is 616. The van der Waals surface area contributed by atoms with Gasteiger partial charge in [-0.05, 0) is 43.1 Å². The van der Waals surface area contributed by atoms with E-state index in [1.807, 2.05) is 19.1 Å². The van der Waals surface area contributed by atoms with Crippen LogP contribution in [0.4, 0.5) is 5.69 Å². The first-order chi connectivity index (χ1) is 9.24. The van der Waals surface area contributed by atoms with Crippen molar-refractivity contribution in [3.05, 3.63) is 53.0 Å². The van der Waals surface area contributed by atoms with Crippen molar-refractivity contribution in [1.82, 2.24) is 5.32 Å². The zero-order chi connectivity index (χ0) is 13.2. The van der Waals surface area contributed by atoms with E-state index in [0.29, 0.717) is 5.56 Å². The highest BCUT2D eigenvalue weighted by Gasteiger charge is 2.15. The van der Waals surface area contributed by atoms with Gasteiger partial charge < -0.3 is 15.1 Å². The van der Waals surface area contributed by atoms with Crippen LogP contribution in [0.1, 0.15) is 27.2 Å². The second kappa shape index (κ2) is 4.90. The topological polar surface area (TPSA) is 54.3 Å². The molecule has 1 aliphatic rings. The first kappa shape index (κ1) is 12.0. The van der Waals surface area contributed by atoms with Crippen LogP contribution in [0, 0.1) is 6.92 Å². The molecule has 0 aliphatic carbocycles. The van der Waals surface area contributed by atoms with Crippen LogP contribution >= 0.6 is 0 Å². The summed E-state index contributed by atoms with van der Waals surface area (Å²) in [6.45, 7) is 3.62. The molecule has 3 rings (SSSR count). The number of carbonyl (C=O) groups is 1. The van der Waals surface area contributed by atoms with Crippen molar-refractivity contribution in [3.8, 4) is 0 Å². The molecule has 0 saturated carbocycles. The molecule has 0 spiro atoms. The van der Waals surface area contributed by atoms with Crippen LogP contribution in [0.15, 0.2) is 34.9 Å². The summed E-state index contributed by atoms with van der Waals surface area (Å²) < 4.78 is 5.16. The van der Waals surface area contributed by atoms with E-state index in [1.165, 1.54) is 17.4 Å². The highest BCUT2D eigenvalue weighted by molar-refractivity contribution is 6.04. The number of hydrogen-bond acceptors (Lipinski definition) is 3. The summed E-state index contributed by atoms with van der Waals surface area (Å²) in [4.78, 5) is 12.1. The van der Waals surface area contributed by atoms with E-state index in [9.17, 15) is 4.79 Å². The number of hydrogen-bond donors (Lipinski definition) is 2. The number of aryl methyl sites for hydroxylation is 1. The Morgan fingerprint density at radius 3 is 3.11 bits per heavy atom. The molecule has 1 aromatic carbocycles. The molecule has 19 heavy (non-hydrogen) atoms. The van der Waals surface area contributed by atoms with Crippen molar-refractivity contribution in [1.29, 1.82) is 0 Å². The predicted octanol–water partition coefficient (Wildman–Crippen LogP) is 2.49. The van der Waals surface area contributed by atoms with Crippen LogP contribution in [-0.4, -0.2) is 12.5 Å². The van der Waals surface area contributed by atoms with Gasteiger partial charge in [0.25, 0.3) is 5.91 Å². The number of anilines is 1. The normalized spacial score (nSPS) is 13.9. The van der Waals surface area contributed by atoms with Crippen LogP contribution in [0.25, 0.3) is 0 Å². The van der Waals surface area contributed by atoms with Gasteiger partial charge in [-0.3, -0.25) is 4.79 Å². The third-order valence-corrected chi connectivity index (χ3v) is 3.39. The zero-order valence-electron chi connectivity index (χ0n) is 10.8. The van der Waals surface area contributed by atoms with Crippen molar-refractivity contribution < 1.29 is 9.21 Å². The van der Waals surface area contributed by atoms with Gasteiger partial charge in [0.2, 0.25) is 0 Å². The molecule has 4 nitrogen and oxygen atoms in total.